The number of hydrogen-bond donors (Lipinski definition) is 0. The van der Waals surface area contributed by atoms with Crippen molar-refractivity contribution in [2.45, 2.75) is 10.3 Å². The maximum Gasteiger partial charge on any atom is 0.269 e. The molecule has 23 heavy (non-hydrogen) atoms. The van der Waals surface area contributed by atoms with Gasteiger partial charge < -0.3 is 0 Å². The molecule has 0 N–H and O–H groups in total. The van der Waals surface area contributed by atoms with Crippen molar-refractivity contribution in [1.82, 2.24) is 4.31 Å². The van der Waals surface area contributed by atoms with Gasteiger partial charge in [-0.3, -0.25) is 10.1 Å². The van der Waals surface area contributed by atoms with Gasteiger partial charge in [-0.15, -0.1) is 11.8 Å². The van der Waals surface area contributed by atoms with E-state index < -0.39 is 14.9 Å². The second kappa shape index (κ2) is 6.31. The van der Waals surface area contributed by atoms with Crippen LogP contribution in [0.3, 0.4) is 0 Å². The fourth-order valence-electron chi connectivity index (χ4n) is 2.45. The maximum absolute atomic E-state index is 12.8. The quantitative estimate of drug-likeness (QED) is 0.625. The van der Waals surface area contributed by atoms with Gasteiger partial charge in [0.15, 0.2) is 0 Å². The van der Waals surface area contributed by atoms with Gasteiger partial charge in [-0.1, -0.05) is 18.2 Å². The van der Waals surface area contributed by atoms with Crippen LogP contribution in [0.15, 0.2) is 59.5 Å². The molecule has 1 fully saturated rings. The highest BCUT2D eigenvalue weighted by atomic mass is 32.2. The fourth-order valence-corrected chi connectivity index (χ4v) is 5.71. The summed E-state index contributed by atoms with van der Waals surface area (Å²) in [6, 6.07) is 14.3. The average molecular weight is 350 g/mol. The number of nitrogens with zero attached hydrogens (tertiary/aromatic N) is 2. The van der Waals surface area contributed by atoms with E-state index in [1.165, 1.54) is 28.2 Å². The fraction of sp³-hybridized carbons (Fsp3) is 0.200. The van der Waals surface area contributed by atoms with Crippen LogP contribution < -0.4 is 0 Å². The molecule has 120 valence electrons. The van der Waals surface area contributed by atoms with Crippen LogP contribution in [0.1, 0.15) is 10.9 Å². The number of sulfonamides is 1. The van der Waals surface area contributed by atoms with Crippen LogP contribution in [0.2, 0.25) is 0 Å². The Balaban J connectivity index is 1.93. The molecule has 1 aliphatic rings. The number of nitro groups is 1. The summed E-state index contributed by atoms with van der Waals surface area (Å²) < 4.78 is 27.0. The normalized spacial score (nSPS) is 18.9. The second-order valence-corrected chi connectivity index (χ2v) is 8.08. The molecule has 0 radical (unpaired) electrons. The van der Waals surface area contributed by atoms with E-state index in [4.69, 9.17) is 0 Å². The first-order valence-electron chi connectivity index (χ1n) is 6.93. The Morgan fingerprint density at radius 1 is 1.09 bits per heavy atom. The predicted octanol–water partition coefficient (Wildman–Crippen LogP) is 3.03. The van der Waals surface area contributed by atoms with Crippen LogP contribution >= 0.6 is 11.8 Å². The summed E-state index contributed by atoms with van der Waals surface area (Å²) in [5.41, 5.74) is 0.742. The molecule has 1 unspecified atom stereocenters. The van der Waals surface area contributed by atoms with E-state index in [0.29, 0.717) is 12.3 Å². The van der Waals surface area contributed by atoms with E-state index in [0.717, 1.165) is 5.56 Å². The number of rotatable bonds is 4. The molecule has 2 aromatic carbocycles. The van der Waals surface area contributed by atoms with Gasteiger partial charge in [0, 0.05) is 24.4 Å². The van der Waals surface area contributed by atoms with Gasteiger partial charge in [0.2, 0.25) is 10.0 Å². The minimum absolute atomic E-state index is 0.00536. The van der Waals surface area contributed by atoms with Crippen molar-refractivity contribution >= 4 is 27.5 Å². The van der Waals surface area contributed by atoms with Gasteiger partial charge in [-0.25, -0.2) is 8.42 Å². The Bertz CT molecular complexity index is 807. The molecule has 0 spiro atoms. The topological polar surface area (TPSA) is 80.5 Å². The molecule has 3 rings (SSSR count). The lowest BCUT2D eigenvalue weighted by Crippen LogP contribution is -2.30. The summed E-state index contributed by atoms with van der Waals surface area (Å²) in [6.45, 7) is 0.420. The highest BCUT2D eigenvalue weighted by Gasteiger charge is 2.36. The van der Waals surface area contributed by atoms with Gasteiger partial charge in [0.05, 0.1) is 15.2 Å². The largest absolute Gasteiger partial charge is 0.269 e. The molecule has 0 aliphatic carbocycles. The zero-order valence-electron chi connectivity index (χ0n) is 12.0. The summed E-state index contributed by atoms with van der Waals surface area (Å²) in [4.78, 5) is 10.5. The molecule has 8 heteroatoms. The summed E-state index contributed by atoms with van der Waals surface area (Å²) in [7, 11) is -3.58. The Kier molecular flexibility index (Phi) is 4.38. The zero-order chi connectivity index (χ0) is 16.4. The SMILES string of the molecule is O=[N+]([O-])c1ccc(C2SCCN2S(=O)(=O)c2ccccc2)cc1. The zero-order valence-corrected chi connectivity index (χ0v) is 13.7. The smallest absolute Gasteiger partial charge is 0.258 e. The predicted molar refractivity (Wildman–Crippen MR) is 88.6 cm³/mol. The lowest BCUT2D eigenvalue weighted by molar-refractivity contribution is -0.384. The van der Waals surface area contributed by atoms with E-state index in [1.807, 2.05) is 0 Å². The van der Waals surface area contributed by atoms with Crippen LogP contribution in [0.5, 0.6) is 0 Å². The van der Waals surface area contributed by atoms with Gasteiger partial charge in [0.25, 0.3) is 5.69 Å². The van der Waals surface area contributed by atoms with Crippen molar-refractivity contribution in [3.05, 3.63) is 70.3 Å². The number of benzene rings is 2. The van der Waals surface area contributed by atoms with Gasteiger partial charge >= 0.3 is 0 Å². The molecule has 6 nitrogen and oxygen atoms in total. The summed E-state index contributed by atoms with van der Waals surface area (Å²) >= 11 is 1.52. The first-order valence-corrected chi connectivity index (χ1v) is 9.42. The first-order chi connectivity index (χ1) is 11.0. The maximum atomic E-state index is 12.8. The van der Waals surface area contributed by atoms with E-state index in [1.54, 1.807) is 42.5 Å². The number of non-ortho nitro benzene ring substituents is 1. The minimum atomic E-state index is -3.58. The van der Waals surface area contributed by atoms with E-state index in [9.17, 15) is 18.5 Å². The van der Waals surface area contributed by atoms with Crippen molar-refractivity contribution in [1.29, 1.82) is 0 Å². The highest BCUT2D eigenvalue weighted by molar-refractivity contribution is 8.01. The van der Waals surface area contributed by atoms with Gasteiger partial charge in [0.1, 0.15) is 0 Å². The molecule has 2 aromatic rings. The molecule has 0 aromatic heterocycles. The van der Waals surface area contributed by atoms with Crippen LogP contribution in [0.4, 0.5) is 5.69 Å². The third-order valence-corrected chi connectivity index (χ3v) is 6.86. The van der Waals surface area contributed by atoms with E-state index >= 15 is 0 Å². The third kappa shape index (κ3) is 3.10. The molecular weight excluding hydrogens is 336 g/mol. The lowest BCUT2D eigenvalue weighted by atomic mass is 10.2. The average Bonchev–Trinajstić information content (AvgIpc) is 3.06. The summed E-state index contributed by atoms with van der Waals surface area (Å²) in [5, 5.41) is 10.4. The lowest BCUT2D eigenvalue weighted by Gasteiger charge is -2.23. The van der Waals surface area contributed by atoms with Crippen molar-refractivity contribution in [2.75, 3.05) is 12.3 Å². The van der Waals surface area contributed by atoms with Crippen molar-refractivity contribution in [3.63, 3.8) is 0 Å². The van der Waals surface area contributed by atoms with Gasteiger partial charge in [-0.05, 0) is 29.8 Å². The van der Waals surface area contributed by atoms with Crippen LogP contribution in [0, 0.1) is 10.1 Å². The third-order valence-electron chi connectivity index (χ3n) is 3.59. The summed E-state index contributed by atoms with van der Waals surface area (Å²) in [5.74, 6) is 0.688. The molecule has 0 saturated carbocycles. The monoisotopic (exact) mass is 350 g/mol. The molecule has 1 aliphatic heterocycles. The number of nitro benzene ring substituents is 1. The molecule has 1 saturated heterocycles. The number of thioether (sulfide) groups is 1. The van der Waals surface area contributed by atoms with E-state index in [-0.39, 0.29) is 16.0 Å². The van der Waals surface area contributed by atoms with Crippen molar-refractivity contribution < 1.29 is 13.3 Å². The standard InChI is InChI=1S/C15H14N2O4S2/c18-17(19)13-8-6-12(7-9-13)15-16(10-11-22-15)23(20,21)14-4-2-1-3-5-14/h1-9,15H,10-11H2. The Morgan fingerprint density at radius 2 is 1.74 bits per heavy atom. The van der Waals surface area contributed by atoms with Crippen molar-refractivity contribution in [3.8, 4) is 0 Å². The number of hydrogen-bond acceptors (Lipinski definition) is 5. The van der Waals surface area contributed by atoms with Crippen molar-refractivity contribution in [2.24, 2.45) is 0 Å². The second-order valence-electron chi connectivity index (χ2n) is 5.00. The molecule has 1 atom stereocenters. The minimum Gasteiger partial charge on any atom is -0.258 e. The molecule has 0 amide bonds. The Morgan fingerprint density at radius 3 is 2.35 bits per heavy atom. The Labute approximate surface area is 138 Å². The van der Waals surface area contributed by atoms with Crippen LogP contribution in [0.25, 0.3) is 0 Å². The molecular formula is C15H14N2O4S2. The first kappa shape index (κ1) is 16.0. The van der Waals surface area contributed by atoms with E-state index in [2.05, 4.69) is 0 Å². The van der Waals surface area contributed by atoms with Crippen LogP contribution in [-0.4, -0.2) is 29.9 Å². The Hall–Kier alpha value is -1.90. The molecule has 0 bridgehead atoms. The molecule has 1 heterocycles. The van der Waals surface area contributed by atoms with Crippen LogP contribution in [-0.2, 0) is 10.0 Å². The summed E-state index contributed by atoms with van der Waals surface area (Å²) in [6.07, 6.45) is 0. The van der Waals surface area contributed by atoms with Gasteiger partial charge in [-0.2, -0.15) is 4.31 Å². The highest BCUT2D eigenvalue weighted by Crippen LogP contribution is 2.41.